The molecular formula is C57H41NO. The van der Waals surface area contributed by atoms with E-state index in [0.717, 1.165) is 50.1 Å². The molecule has 0 aliphatic carbocycles. The predicted molar refractivity (Wildman–Crippen MR) is 250 cm³/mol. The summed E-state index contributed by atoms with van der Waals surface area (Å²) in [7, 11) is 0. The number of hydrogen-bond donors (Lipinski definition) is 0. The van der Waals surface area contributed by atoms with E-state index < -0.39 is 0 Å². The highest BCUT2D eigenvalue weighted by Crippen LogP contribution is 2.50. The summed E-state index contributed by atoms with van der Waals surface area (Å²) >= 11 is 0. The minimum atomic E-state index is -0.234. The van der Waals surface area contributed by atoms with Crippen molar-refractivity contribution in [3.05, 3.63) is 223 Å². The van der Waals surface area contributed by atoms with Crippen molar-refractivity contribution in [2.45, 2.75) is 19.3 Å². The Balaban J connectivity index is 1.24. The summed E-state index contributed by atoms with van der Waals surface area (Å²) in [4.78, 5) is 2.49. The molecule has 0 atom stereocenters. The first-order valence-electron chi connectivity index (χ1n) is 20.4. The average molecular weight is 756 g/mol. The second kappa shape index (κ2) is 13.9. The van der Waals surface area contributed by atoms with Gasteiger partial charge in [-0.25, -0.2) is 0 Å². The van der Waals surface area contributed by atoms with Crippen molar-refractivity contribution in [2.75, 3.05) is 4.90 Å². The summed E-state index contributed by atoms with van der Waals surface area (Å²) in [5.74, 6) is 0. The molecule has 1 heterocycles. The van der Waals surface area contributed by atoms with Gasteiger partial charge in [-0.05, 0) is 103 Å². The van der Waals surface area contributed by atoms with Crippen molar-refractivity contribution in [2.24, 2.45) is 0 Å². The first-order valence-corrected chi connectivity index (χ1v) is 20.4. The molecule has 59 heavy (non-hydrogen) atoms. The second-order valence-corrected chi connectivity index (χ2v) is 16.1. The molecule has 11 aromatic rings. The molecule has 0 spiro atoms. The Morgan fingerprint density at radius 3 is 1.76 bits per heavy atom. The summed E-state index contributed by atoms with van der Waals surface area (Å²) in [6.45, 7) is 4.65. The van der Waals surface area contributed by atoms with Crippen LogP contribution in [0, 0.1) is 0 Å². The first kappa shape index (κ1) is 34.8. The van der Waals surface area contributed by atoms with Crippen molar-refractivity contribution >= 4 is 71.3 Å². The molecule has 0 bridgehead atoms. The van der Waals surface area contributed by atoms with Crippen molar-refractivity contribution in [3.8, 4) is 22.3 Å². The lowest BCUT2D eigenvalue weighted by molar-refractivity contribution is 0.641. The molecule has 2 heteroatoms. The zero-order valence-corrected chi connectivity index (χ0v) is 33.1. The summed E-state index contributed by atoms with van der Waals surface area (Å²) in [6, 6.07) is 77.3. The van der Waals surface area contributed by atoms with Crippen molar-refractivity contribution < 1.29 is 4.42 Å². The van der Waals surface area contributed by atoms with Gasteiger partial charge in [-0.2, -0.15) is 0 Å². The van der Waals surface area contributed by atoms with Crippen LogP contribution < -0.4 is 4.90 Å². The molecule has 0 aliphatic heterocycles. The molecule has 0 saturated heterocycles. The predicted octanol–water partition coefficient (Wildman–Crippen LogP) is 16.2. The van der Waals surface area contributed by atoms with Gasteiger partial charge in [0.05, 0.1) is 11.4 Å². The van der Waals surface area contributed by atoms with Crippen LogP contribution in [0.4, 0.5) is 17.1 Å². The summed E-state index contributed by atoms with van der Waals surface area (Å²) in [6.07, 6.45) is 0. The normalized spacial score (nSPS) is 11.9. The van der Waals surface area contributed by atoms with Crippen molar-refractivity contribution in [1.29, 1.82) is 0 Å². The molecule has 10 aromatic carbocycles. The summed E-state index contributed by atoms with van der Waals surface area (Å²) in [5.41, 5.74) is 12.0. The Kier molecular flexibility index (Phi) is 8.20. The molecule has 280 valence electrons. The number of furan rings is 1. The Labute approximate surface area is 344 Å². The minimum absolute atomic E-state index is 0.234. The zero-order valence-electron chi connectivity index (χ0n) is 33.1. The lowest BCUT2D eigenvalue weighted by atomic mass is 9.77. The molecule has 11 rings (SSSR count). The van der Waals surface area contributed by atoms with Crippen LogP contribution in [0.3, 0.4) is 0 Å². The third kappa shape index (κ3) is 5.87. The van der Waals surface area contributed by atoms with Gasteiger partial charge in [0.25, 0.3) is 0 Å². The Bertz CT molecular complexity index is 3350. The van der Waals surface area contributed by atoms with E-state index in [1.807, 2.05) is 0 Å². The Morgan fingerprint density at radius 2 is 0.983 bits per heavy atom. The van der Waals surface area contributed by atoms with Crippen LogP contribution in [0.2, 0.25) is 0 Å². The van der Waals surface area contributed by atoms with E-state index in [0.29, 0.717) is 0 Å². The maximum atomic E-state index is 6.58. The number of fused-ring (bicyclic) bond motifs is 6. The highest BCUT2D eigenvalue weighted by Gasteiger charge is 2.28. The van der Waals surface area contributed by atoms with E-state index in [-0.39, 0.29) is 5.41 Å². The molecule has 1 aromatic heterocycles. The summed E-state index contributed by atoms with van der Waals surface area (Å²) in [5, 5.41) is 9.40. The van der Waals surface area contributed by atoms with Gasteiger partial charge in [0.1, 0.15) is 11.2 Å². The lowest BCUT2D eigenvalue weighted by Gasteiger charge is -2.33. The van der Waals surface area contributed by atoms with Gasteiger partial charge >= 0.3 is 0 Å². The highest BCUT2D eigenvalue weighted by molar-refractivity contribution is 6.14. The van der Waals surface area contributed by atoms with Crippen LogP contribution in [0.5, 0.6) is 0 Å². The van der Waals surface area contributed by atoms with Crippen LogP contribution >= 0.6 is 0 Å². The van der Waals surface area contributed by atoms with Crippen LogP contribution in [-0.2, 0) is 5.41 Å². The van der Waals surface area contributed by atoms with Crippen LogP contribution in [-0.4, -0.2) is 0 Å². The largest absolute Gasteiger partial charge is 0.456 e. The molecule has 2 nitrogen and oxygen atoms in total. The fourth-order valence-corrected chi connectivity index (χ4v) is 9.16. The van der Waals surface area contributed by atoms with Gasteiger partial charge in [0.2, 0.25) is 0 Å². The van der Waals surface area contributed by atoms with E-state index in [1.165, 1.54) is 54.6 Å². The van der Waals surface area contributed by atoms with Crippen molar-refractivity contribution in [3.63, 3.8) is 0 Å². The standard InChI is InChI=1S/C57H41NO/c1-57(2,43-23-7-4-8-24-43)44-29-32-52(49(36-44)39-16-5-3-6-17-39)58(45-30-33-54-51(37-45)50-34-41-20-9-10-21-42(41)35-55(50)59-54)53-31-28-40-19-12-14-26-47(40)56(53)48-27-15-22-38-18-11-13-25-46(38)48/h3-37H,1-2H3. The number of benzene rings is 10. The van der Waals surface area contributed by atoms with E-state index in [4.69, 9.17) is 4.42 Å². The molecule has 0 amide bonds. The lowest BCUT2D eigenvalue weighted by Crippen LogP contribution is -2.20. The number of rotatable bonds is 7. The third-order valence-corrected chi connectivity index (χ3v) is 12.3. The third-order valence-electron chi connectivity index (χ3n) is 12.3. The number of nitrogens with zero attached hydrogens (tertiary/aromatic N) is 1. The average Bonchev–Trinajstić information content (AvgIpc) is 3.65. The van der Waals surface area contributed by atoms with Crippen LogP contribution in [0.25, 0.3) is 76.5 Å². The minimum Gasteiger partial charge on any atom is -0.456 e. The van der Waals surface area contributed by atoms with Crippen LogP contribution in [0.1, 0.15) is 25.0 Å². The fraction of sp³-hybridized carbons (Fsp3) is 0.0526. The monoisotopic (exact) mass is 755 g/mol. The quantitative estimate of drug-likeness (QED) is 0.161. The molecule has 0 radical (unpaired) electrons. The fourth-order valence-electron chi connectivity index (χ4n) is 9.16. The van der Waals surface area contributed by atoms with Gasteiger partial charge in [-0.15, -0.1) is 0 Å². The Hall–Kier alpha value is -7.42. The zero-order chi connectivity index (χ0) is 39.5. The first-order chi connectivity index (χ1) is 29.0. The summed E-state index contributed by atoms with van der Waals surface area (Å²) < 4.78 is 6.58. The molecule has 0 unspecified atom stereocenters. The number of hydrogen-bond acceptors (Lipinski definition) is 2. The second-order valence-electron chi connectivity index (χ2n) is 16.1. The van der Waals surface area contributed by atoms with Gasteiger partial charge in [0, 0.05) is 33.0 Å². The molecule has 0 fully saturated rings. The van der Waals surface area contributed by atoms with Crippen molar-refractivity contribution in [1.82, 2.24) is 0 Å². The SMILES string of the molecule is CC(C)(c1ccccc1)c1ccc(N(c2ccc3oc4cc5ccccc5cc4c3c2)c2ccc3ccccc3c2-c2cccc3ccccc23)c(-c2ccccc2)c1. The topological polar surface area (TPSA) is 16.4 Å². The van der Waals surface area contributed by atoms with Gasteiger partial charge in [0.15, 0.2) is 0 Å². The molecular weight excluding hydrogens is 715 g/mol. The van der Waals surface area contributed by atoms with Gasteiger partial charge in [-0.3, -0.25) is 0 Å². The highest BCUT2D eigenvalue weighted by atomic mass is 16.3. The maximum Gasteiger partial charge on any atom is 0.136 e. The Morgan fingerprint density at radius 1 is 0.373 bits per heavy atom. The molecule has 0 saturated carbocycles. The number of anilines is 3. The maximum absolute atomic E-state index is 6.58. The van der Waals surface area contributed by atoms with Crippen LogP contribution in [0.15, 0.2) is 217 Å². The molecule has 0 N–H and O–H groups in total. The van der Waals surface area contributed by atoms with E-state index in [9.17, 15) is 0 Å². The van der Waals surface area contributed by atoms with Gasteiger partial charge in [-0.1, -0.05) is 178 Å². The van der Waals surface area contributed by atoms with Gasteiger partial charge < -0.3 is 9.32 Å². The van der Waals surface area contributed by atoms with E-state index >= 15 is 0 Å². The smallest absolute Gasteiger partial charge is 0.136 e. The van der Waals surface area contributed by atoms with E-state index in [2.05, 4.69) is 231 Å². The molecule has 0 aliphatic rings. The van der Waals surface area contributed by atoms with E-state index in [1.54, 1.807) is 0 Å².